The number of nitrogens with zero attached hydrogens (tertiary/aromatic N) is 1. The van der Waals surface area contributed by atoms with Gasteiger partial charge in [-0.2, -0.15) is 0 Å². The third-order valence-electron chi connectivity index (χ3n) is 4.67. The third kappa shape index (κ3) is 4.43. The van der Waals surface area contributed by atoms with Gasteiger partial charge < -0.3 is 0 Å². The van der Waals surface area contributed by atoms with Crippen LogP contribution in [0.4, 0.5) is 0 Å². The van der Waals surface area contributed by atoms with Crippen LogP contribution in [0.1, 0.15) is 30.4 Å². The molecule has 1 aliphatic heterocycles. The molecule has 23 heavy (non-hydrogen) atoms. The van der Waals surface area contributed by atoms with Crippen molar-refractivity contribution in [2.45, 2.75) is 31.3 Å². The van der Waals surface area contributed by atoms with Crippen molar-refractivity contribution in [2.75, 3.05) is 7.05 Å². The predicted octanol–water partition coefficient (Wildman–Crippen LogP) is 5.27. The molecule has 1 aliphatic rings. The number of benzene rings is 2. The van der Waals surface area contributed by atoms with Crippen LogP contribution in [-0.2, 0) is 0 Å². The van der Waals surface area contributed by atoms with Crippen molar-refractivity contribution in [3.8, 4) is 0 Å². The van der Waals surface area contributed by atoms with Gasteiger partial charge in [-0.1, -0.05) is 85.0 Å². The molecule has 0 radical (unpaired) electrons. The molecule has 2 aromatic rings. The summed E-state index contributed by atoms with van der Waals surface area (Å²) >= 11 is 0. The average Bonchev–Trinajstić information content (AvgIpc) is 2.61. The molecule has 1 nitrogen and oxygen atoms in total. The molecule has 1 heterocycles. The molecule has 0 amide bonds. The van der Waals surface area contributed by atoms with Gasteiger partial charge in [0.15, 0.2) is 0 Å². The van der Waals surface area contributed by atoms with E-state index in [1.54, 1.807) is 0 Å². The second kappa shape index (κ2) is 7.94. The number of piperidine rings is 1. The lowest BCUT2D eigenvalue weighted by atomic mass is 9.95. The molecule has 0 N–H and O–H groups in total. The maximum atomic E-state index is 2.50. The number of hydrogen-bond donors (Lipinski definition) is 0. The fourth-order valence-corrected chi connectivity index (χ4v) is 3.23. The molecule has 0 spiro atoms. The number of rotatable bonds is 4. The Labute approximate surface area is 140 Å². The van der Waals surface area contributed by atoms with Crippen LogP contribution in [0.2, 0.25) is 0 Å². The zero-order chi connectivity index (χ0) is 15.9. The SMILES string of the molecule is CN1[C@H](C=Cc2ccccc2)CCC[C@@H]1/C=C/c1ccccc1. The monoisotopic (exact) mass is 303 g/mol. The Morgan fingerprint density at radius 2 is 1.17 bits per heavy atom. The first kappa shape index (κ1) is 15.8. The van der Waals surface area contributed by atoms with Gasteiger partial charge >= 0.3 is 0 Å². The highest BCUT2D eigenvalue weighted by molar-refractivity contribution is 5.51. The molecular formula is C22H25N. The standard InChI is InChI=1S/C22H25N/c1-23-21(17-15-19-9-4-2-5-10-19)13-8-14-22(23)18-16-20-11-6-3-7-12-20/h2-7,9-12,15-18,21-22H,8,13-14H2,1H3/b17-15+,18-16?/t21-,22+/m1/s1. The molecule has 0 aromatic heterocycles. The van der Waals surface area contributed by atoms with Crippen LogP contribution in [0.25, 0.3) is 12.2 Å². The van der Waals surface area contributed by atoms with Gasteiger partial charge in [0.2, 0.25) is 0 Å². The zero-order valence-electron chi connectivity index (χ0n) is 13.8. The smallest absolute Gasteiger partial charge is 0.0284 e. The molecule has 2 aromatic carbocycles. The van der Waals surface area contributed by atoms with E-state index < -0.39 is 0 Å². The summed E-state index contributed by atoms with van der Waals surface area (Å²) in [4.78, 5) is 2.50. The van der Waals surface area contributed by atoms with E-state index in [0.717, 1.165) is 0 Å². The van der Waals surface area contributed by atoms with Gasteiger partial charge in [0.05, 0.1) is 0 Å². The lowest BCUT2D eigenvalue weighted by molar-refractivity contribution is 0.175. The Bertz CT molecular complexity index is 585. The van der Waals surface area contributed by atoms with E-state index in [-0.39, 0.29) is 0 Å². The lowest BCUT2D eigenvalue weighted by Crippen LogP contribution is -2.41. The normalized spacial score (nSPS) is 22.8. The van der Waals surface area contributed by atoms with Crippen LogP contribution in [-0.4, -0.2) is 24.0 Å². The summed E-state index contributed by atoms with van der Waals surface area (Å²) in [5, 5.41) is 0. The lowest BCUT2D eigenvalue weighted by Gasteiger charge is -2.36. The quantitative estimate of drug-likeness (QED) is 0.744. The maximum Gasteiger partial charge on any atom is 0.0284 e. The first-order valence-electron chi connectivity index (χ1n) is 8.51. The summed E-state index contributed by atoms with van der Waals surface area (Å²) in [7, 11) is 2.25. The highest BCUT2D eigenvalue weighted by atomic mass is 15.2. The van der Waals surface area contributed by atoms with Gasteiger partial charge in [-0.3, -0.25) is 4.90 Å². The summed E-state index contributed by atoms with van der Waals surface area (Å²) in [6, 6.07) is 22.2. The molecule has 1 saturated heterocycles. The molecular weight excluding hydrogens is 278 g/mol. The van der Waals surface area contributed by atoms with E-state index in [4.69, 9.17) is 0 Å². The van der Waals surface area contributed by atoms with Crippen molar-refractivity contribution < 1.29 is 0 Å². The van der Waals surface area contributed by atoms with Gasteiger partial charge in [0, 0.05) is 12.1 Å². The van der Waals surface area contributed by atoms with Crippen molar-refractivity contribution in [3.63, 3.8) is 0 Å². The van der Waals surface area contributed by atoms with E-state index >= 15 is 0 Å². The van der Waals surface area contributed by atoms with E-state index in [2.05, 4.69) is 96.9 Å². The summed E-state index contributed by atoms with van der Waals surface area (Å²) in [5.74, 6) is 0. The second-order valence-electron chi connectivity index (χ2n) is 6.27. The van der Waals surface area contributed by atoms with Gasteiger partial charge in [0.25, 0.3) is 0 Å². The number of hydrogen-bond acceptors (Lipinski definition) is 1. The summed E-state index contributed by atoms with van der Waals surface area (Å²) in [5.41, 5.74) is 2.56. The minimum atomic E-state index is 0.523. The second-order valence-corrected chi connectivity index (χ2v) is 6.27. The molecule has 0 unspecified atom stereocenters. The van der Waals surface area contributed by atoms with Crippen molar-refractivity contribution in [1.82, 2.24) is 4.90 Å². The Hall–Kier alpha value is -2.12. The summed E-state index contributed by atoms with van der Waals surface area (Å²) < 4.78 is 0. The fraction of sp³-hybridized carbons (Fsp3) is 0.273. The first-order valence-corrected chi connectivity index (χ1v) is 8.51. The van der Waals surface area contributed by atoms with Gasteiger partial charge in [-0.25, -0.2) is 0 Å². The van der Waals surface area contributed by atoms with Crippen LogP contribution >= 0.6 is 0 Å². The first-order chi connectivity index (χ1) is 11.3. The minimum Gasteiger partial charge on any atom is -0.294 e. The number of likely N-dealkylation sites (N-methyl/N-ethyl adjacent to an activating group) is 1. The van der Waals surface area contributed by atoms with Gasteiger partial charge in [0.1, 0.15) is 0 Å². The Kier molecular flexibility index (Phi) is 5.44. The molecule has 2 atom stereocenters. The van der Waals surface area contributed by atoms with Crippen LogP contribution in [0.5, 0.6) is 0 Å². The molecule has 0 aliphatic carbocycles. The molecule has 1 fully saturated rings. The third-order valence-corrected chi connectivity index (χ3v) is 4.67. The summed E-state index contributed by atoms with van der Waals surface area (Å²) in [6.07, 6.45) is 13.0. The molecule has 3 rings (SSSR count). The van der Waals surface area contributed by atoms with Crippen molar-refractivity contribution >= 4 is 12.2 Å². The molecule has 0 bridgehead atoms. The predicted molar refractivity (Wildman–Crippen MR) is 100 cm³/mol. The molecule has 118 valence electrons. The van der Waals surface area contributed by atoms with Crippen molar-refractivity contribution in [2.24, 2.45) is 0 Å². The van der Waals surface area contributed by atoms with Crippen molar-refractivity contribution in [3.05, 3.63) is 83.9 Å². The number of likely N-dealkylation sites (tertiary alicyclic amines) is 1. The molecule has 1 heteroatoms. The van der Waals surface area contributed by atoms with Gasteiger partial charge in [-0.15, -0.1) is 0 Å². The van der Waals surface area contributed by atoms with E-state index in [1.807, 2.05) is 0 Å². The zero-order valence-corrected chi connectivity index (χ0v) is 13.8. The largest absolute Gasteiger partial charge is 0.294 e. The topological polar surface area (TPSA) is 3.24 Å². The van der Waals surface area contributed by atoms with E-state index in [1.165, 1.54) is 30.4 Å². The van der Waals surface area contributed by atoms with Gasteiger partial charge in [-0.05, 0) is 37.4 Å². The highest BCUT2D eigenvalue weighted by Gasteiger charge is 2.23. The van der Waals surface area contributed by atoms with Crippen molar-refractivity contribution in [1.29, 1.82) is 0 Å². The van der Waals surface area contributed by atoms with E-state index in [0.29, 0.717) is 12.1 Å². The van der Waals surface area contributed by atoms with Crippen LogP contribution in [0.15, 0.2) is 72.8 Å². The summed E-state index contributed by atoms with van der Waals surface area (Å²) in [6.45, 7) is 0. The van der Waals surface area contributed by atoms with Crippen LogP contribution in [0.3, 0.4) is 0 Å². The van der Waals surface area contributed by atoms with Crippen LogP contribution < -0.4 is 0 Å². The Morgan fingerprint density at radius 1 is 0.739 bits per heavy atom. The van der Waals surface area contributed by atoms with Crippen LogP contribution in [0, 0.1) is 0 Å². The maximum absolute atomic E-state index is 2.50. The fourth-order valence-electron chi connectivity index (χ4n) is 3.23. The minimum absolute atomic E-state index is 0.523. The Balaban J connectivity index is 1.65. The van der Waals surface area contributed by atoms with E-state index in [9.17, 15) is 0 Å². The highest BCUT2D eigenvalue weighted by Crippen LogP contribution is 2.24. The Morgan fingerprint density at radius 3 is 1.61 bits per heavy atom. The average molecular weight is 303 g/mol. The molecule has 0 saturated carbocycles.